The van der Waals surface area contributed by atoms with E-state index in [2.05, 4.69) is 4.98 Å². The Balaban J connectivity index is 3.20. The largest absolute Gasteiger partial charge is 0.397 e. The Hall–Kier alpha value is -0.820. The smallest absolute Gasteiger partial charge is 0.114 e. The van der Waals surface area contributed by atoms with Gasteiger partial charge >= 0.3 is 0 Å². The summed E-state index contributed by atoms with van der Waals surface area (Å²) in [6.45, 7) is 3.65. The molecule has 1 aromatic heterocycles. The van der Waals surface area contributed by atoms with Crippen LogP contribution >= 0.6 is 7.14 Å². The van der Waals surface area contributed by atoms with E-state index < -0.39 is 7.14 Å². The molecule has 1 rings (SSSR count). The first-order valence-electron chi connectivity index (χ1n) is 3.84. The fourth-order valence-corrected chi connectivity index (χ4v) is 2.33. The van der Waals surface area contributed by atoms with Crippen LogP contribution < -0.4 is 11.0 Å². The zero-order chi connectivity index (χ0) is 9.19. The number of pyridine rings is 1. The van der Waals surface area contributed by atoms with Crippen LogP contribution in [0.2, 0.25) is 0 Å². The lowest BCUT2D eigenvalue weighted by molar-refractivity contribution is 0.585. The van der Waals surface area contributed by atoms with Crippen LogP contribution in [-0.4, -0.2) is 17.8 Å². The molecule has 1 aromatic rings. The Morgan fingerprint density at radius 3 is 2.83 bits per heavy atom. The highest BCUT2D eigenvalue weighted by Crippen LogP contribution is 2.40. The van der Waals surface area contributed by atoms with E-state index in [1.54, 1.807) is 25.1 Å². The quantitative estimate of drug-likeness (QED) is 0.705. The number of hydrogen-bond donors (Lipinski definition) is 1. The first-order valence-corrected chi connectivity index (χ1v) is 6.18. The molecule has 3 nitrogen and oxygen atoms in total. The summed E-state index contributed by atoms with van der Waals surface area (Å²) in [7, 11) is -2.23. The zero-order valence-corrected chi connectivity index (χ0v) is 8.21. The van der Waals surface area contributed by atoms with Gasteiger partial charge in [-0.1, -0.05) is 6.92 Å². The Labute approximate surface area is 72.4 Å². The Kier molecular flexibility index (Phi) is 2.53. The Bertz CT molecular complexity index is 325. The van der Waals surface area contributed by atoms with E-state index in [-0.39, 0.29) is 0 Å². The molecule has 0 spiro atoms. The number of rotatable bonds is 2. The van der Waals surface area contributed by atoms with Crippen molar-refractivity contribution in [2.45, 2.75) is 6.92 Å². The second-order valence-corrected chi connectivity index (χ2v) is 6.17. The van der Waals surface area contributed by atoms with Crippen LogP contribution in [0.3, 0.4) is 0 Å². The molecule has 0 fully saturated rings. The first kappa shape index (κ1) is 9.27. The van der Waals surface area contributed by atoms with Gasteiger partial charge in [-0.15, -0.1) is 0 Å². The number of hydrogen-bond acceptors (Lipinski definition) is 3. The van der Waals surface area contributed by atoms with E-state index in [1.165, 1.54) is 0 Å². The molecule has 1 atom stereocenters. The van der Waals surface area contributed by atoms with Gasteiger partial charge in [-0.3, -0.25) is 4.98 Å². The van der Waals surface area contributed by atoms with Gasteiger partial charge in [0, 0.05) is 17.7 Å². The topological polar surface area (TPSA) is 56.0 Å². The molecule has 0 saturated heterocycles. The number of anilines is 1. The average Bonchev–Trinajstić information content (AvgIpc) is 2.05. The van der Waals surface area contributed by atoms with Crippen LogP contribution in [0.4, 0.5) is 5.69 Å². The van der Waals surface area contributed by atoms with Gasteiger partial charge in [0.2, 0.25) is 0 Å². The summed E-state index contributed by atoms with van der Waals surface area (Å²) in [6.07, 6.45) is 3.81. The molecule has 0 aromatic carbocycles. The number of nitrogens with two attached hydrogens (primary N) is 1. The predicted molar refractivity (Wildman–Crippen MR) is 52.4 cm³/mol. The Morgan fingerprint density at radius 1 is 1.67 bits per heavy atom. The van der Waals surface area contributed by atoms with Crippen molar-refractivity contribution in [3.05, 3.63) is 18.5 Å². The number of aromatic nitrogens is 1. The molecule has 0 saturated carbocycles. The molecular weight excluding hydrogens is 171 g/mol. The van der Waals surface area contributed by atoms with Crippen molar-refractivity contribution >= 4 is 18.1 Å². The lowest BCUT2D eigenvalue weighted by atomic mass is 10.4. The van der Waals surface area contributed by atoms with Gasteiger partial charge in [0.1, 0.15) is 7.14 Å². The van der Waals surface area contributed by atoms with Crippen molar-refractivity contribution < 1.29 is 4.57 Å². The first-order chi connectivity index (χ1) is 5.58. The van der Waals surface area contributed by atoms with Gasteiger partial charge < -0.3 is 10.3 Å². The van der Waals surface area contributed by atoms with Crippen LogP contribution in [0.25, 0.3) is 0 Å². The molecule has 1 unspecified atom stereocenters. The minimum absolute atomic E-state index is 0.533. The predicted octanol–water partition coefficient (Wildman–Crippen LogP) is 1.30. The summed E-state index contributed by atoms with van der Waals surface area (Å²) < 4.78 is 11.9. The van der Waals surface area contributed by atoms with Gasteiger partial charge in [0.05, 0.1) is 11.9 Å². The van der Waals surface area contributed by atoms with Gasteiger partial charge in [-0.2, -0.15) is 0 Å². The molecule has 12 heavy (non-hydrogen) atoms. The minimum Gasteiger partial charge on any atom is -0.397 e. The molecular formula is C8H13N2OP. The second kappa shape index (κ2) is 3.28. The lowest BCUT2D eigenvalue weighted by Gasteiger charge is -2.11. The van der Waals surface area contributed by atoms with Gasteiger partial charge in [-0.05, 0) is 12.7 Å². The third-order valence-corrected chi connectivity index (χ3v) is 4.57. The third-order valence-electron chi connectivity index (χ3n) is 1.94. The van der Waals surface area contributed by atoms with Crippen LogP contribution in [0, 0.1) is 0 Å². The summed E-state index contributed by atoms with van der Waals surface area (Å²) in [5.74, 6) is 0. The monoisotopic (exact) mass is 184 g/mol. The van der Waals surface area contributed by atoms with E-state index in [1.807, 2.05) is 6.92 Å². The van der Waals surface area contributed by atoms with E-state index >= 15 is 0 Å². The van der Waals surface area contributed by atoms with Crippen LogP contribution in [0.5, 0.6) is 0 Å². The van der Waals surface area contributed by atoms with E-state index in [0.29, 0.717) is 11.8 Å². The van der Waals surface area contributed by atoms with E-state index in [0.717, 1.165) is 5.30 Å². The van der Waals surface area contributed by atoms with Crippen molar-refractivity contribution in [3.63, 3.8) is 0 Å². The van der Waals surface area contributed by atoms with Crippen LogP contribution in [-0.2, 0) is 4.57 Å². The summed E-state index contributed by atoms with van der Waals surface area (Å²) in [5, 5.41) is 0.750. The van der Waals surface area contributed by atoms with E-state index in [4.69, 9.17) is 5.73 Å². The third kappa shape index (κ3) is 1.67. The minimum atomic E-state index is -2.23. The molecule has 66 valence electrons. The van der Waals surface area contributed by atoms with Crippen LogP contribution in [0.1, 0.15) is 6.92 Å². The molecule has 1 heterocycles. The van der Waals surface area contributed by atoms with Gasteiger partial charge in [0.25, 0.3) is 0 Å². The fraction of sp³-hybridized carbons (Fsp3) is 0.375. The maximum atomic E-state index is 11.9. The van der Waals surface area contributed by atoms with Crippen molar-refractivity contribution in [3.8, 4) is 0 Å². The van der Waals surface area contributed by atoms with Crippen molar-refractivity contribution in [2.24, 2.45) is 0 Å². The molecule has 0 bridgehead atoms. The highest BCUT2D eigenvalue weighted by molar-refractivity contribution is 7.71. The molecule has 0 aliphatic carbocycles. The molecule has 4 heteroatoms. The van der Waals surface area contributed by atoms with Crippen molar-refractivity contribution in [1.82, 2.24) is 4.98 Å². The Morgan fingerprint density at radius 2 is 2.33 bits per heavy atom. The highest BCUT2D eigenvalue weighted by Gasteiger charge is 2.17. The fourth-order valence-electron chi connectivity index (χ4n) is 1.00. The standard InChI is InChI=1S/C8H13N2OP/c1-3-12(2,11)8-4-5-10-6-7(8)9/h4-6H,3,9H2,1-2H3. The molecule has 0 aliphatic heterocycles. The highest BCUT2D eigenvalue weighted by atomic mass is 31.2. The number of nitrogens with zero attached hydrogens (tertiary/aromatic N) is 1. The molecule has 0 aliphatic rings. The summed E-state index contributed by atoms with van der Waals surface area (Å²) in [6, 6.07) is 1.74. The average molecular weight is 184 g/mol. The second-order valence-electron chi connectivity index (χ2n) is 2.85. The van der Waals surface area contributed by atoms with Crippen molar-refractivity contribution in [2.75, 3.05) is 18.6 Å². The molecule has 0 amide bonds. The van der Waals surface area contributed by atoms with Crippen molar-refractivity contribution in [1.29, 1.82) is 0 Å². The molecule has 2 N–H and O–H groups in total. The SMILES string of the molecule is CCP(C)(=O)c1ccncc1N. The lowest BCUT2D eigenvalue weighted by Crippen LogP contribution is -2.11. The van der Waals surface area contributed by atoms with Gasteiger partial charge in [0.15, 0.2) is 0 Å². The van der Waals surface area contributed by atoms with Gasteiger partial charge in [-0.25, -0.2) is 0 Å². The maximum Gasteiger partial charge on any atom is 0.114 e. The normalized spacial score (nSPS) is 15.5. The number of nitrogen functional groups attached to an aromatic ring is 1. The zero-order valence-electron chi connectivity index (χ0n) is 7.32. The summed E-state index contributed by atoms with van der Waals surface area (Å²) in [5.41, 5.74) is 6.18. The maximum absolute atomic E-state index is 11.9. The summed E-state index contributed by atoms with van der Waals surface area (Å²) in [4.78, 5) is 3.85. The summed E-state index contributed by atoms with van der Waals surface area (Å²) >= 11 is 0. The van der Waals surface area contributed by atoms with E-state index in [9.17, 15) is 4.57 Å². The molecule has 0 radical (unpaired) electrons. The van der Waals surface area contributed by atoms with Crippen LogP contribution in [0.15, 0.2) is 18.5 Å².